The first-order valence-electron chi connectivity index (χ1n) is 9.59. The van der Waals surface area contributed by atoms with Gasteiger partial charge in [-0.05, 0) is 67.5 Å². The van der Waals surface area contributed by atoms with Crippen molar-refractivity contribution in [3.8, 4) is 0 Å². The molecule has 0 saturated heterocycles. The van der Waals surface area contributed by atoms with Gasteiger partial charge in [0.15, 0.2) is 0 Å². The van der Waals surface area contributed by atoms with Gasteiger partial charge >= 0.3 is 0 Å². The summed E-state index contributed by atoms with van der Waals surface area (Å²) < 4.78 is 64.0. The summed E-state index contributed by atoms with van der Waals surface area (Å²) in [6.45, 7) is 17.7. The van der Waals surface area contributed by atoms with E-state index in [9.17, 15) is 25.9 Å². The maximum atomic E-state index is 10.7. The molecule has 0 amide bonds. The molecule has 0 aromatic heterocycles. The third-order valence-electron chi connectivity index (χ3n) is 3.22. The Labute approximate surface area is 181 Å². The van der Waals surface area contributed by atoms with Crippen molar-refractivity contribution in [2.75, 3.05) is 11.5 Å². The van der Waals surface area contributed by atoms with Crippen molar-refractivity contribution in [3.05, 3.63) is 12.1 Å². The molecule has 0 aliphatic heterocycles. The molecule has 0 spiro atoms. The molecule has 12 heteroatoms. The molecule has 0 aliphatic rings. The molecule has 0 unspecified atom stereocenters. The topological polar surface area (TPSA) is 200 Å². The number of nitrogens with two attached hydrogens (primary N) is 4. The van der Waals surface area contributed by atoms with Crippen LogP contribution < -0.4 is 22.1 Å². The summed E-state index contributed by atoms with van der Waals surface area (Å²) in [5.41, 5.74) is 9.30. The fourth-order valence-corrected chi connectivity index (χ4v) is 3.86. The van der Waals surface area contributed by atoms with E-state index in [0.29, 0.717) is 6.07 Å². The Bertz CT molecular complexity index is 772. The SMILES string of the molecule is CC(C)[NH2+]C(C)C.CC(C)[NH2+]C(C)C.Nc1cc(N)c(S(=O)(=O)[O-])cc1S(=O)(=O)[O-]. The molecule has 0 bridgehead atoms. The highest BCUT2D eigenvalue weighted by Crippen LogP contribution is 2.27. The van der Waals surface area contributed by atoms with Gasteiger partial charge in [0, 0.05) is 0 Å². The molecule has 0 heterocycles. The Balaban J connectivity index is 0. The molecule has 178 valence electrons. The van der Waals surface area contributed by atoms with Gasteiger partial charge < -0.3 is 31.2 Å². The molecule has 0 fully saturated rings. The van der Waals surface area contributed by atoms with E-state index < -0.39 is 41.4 Å². The van der Waals surface area contributed by atoms with Gasteiger partial charge in [-0.1, -0.05) is 0 Å². The van der Waals surface area contributed by atoms with Crippen LogP contribution >= 0.6 is 0 Å². The fraction of sp³-hybridized carbons (Fsp3) is 0.667. The maximum absolute atomic E-state index is 10.7. The Morgan fingerprint density at radius 1 is 0.633 bits per heavy atom. The summed E-state index contributed by atoms with van der Waals surface area (Å²) in [4.78, 5) is -1.98. The van der Waals surface area contributed by atoms with Gasteiger partial charge in [0.2, 0.25) is 0 Å². The van der Waals surface area contributed by atoms with E-state index in [1.165, 1.54) is 0 Å². The number of nitrogen functional groups attached to an aromatic ring is 2. The predicted molar refractivity (Wildman–Crippen MR) is 116 cm³/mol. The molecule has 0 radical (unpaired) electrons. The van der Waals surface area contributed by atoms with E-state index in [0.717, 1.165) is 30.2 Å². The second-order valence-corrected chi connectivity index (χ2v) is 10.9. The highest BCUT2D eigenvalue weighted by Gasteiger charge is 2.14. The lowest BCUT2D eigenvalue weighted by Gasteiger charge is -2.15. The molecular weight excluding hydrogens is 432 g/mol. The zero-order valence-corrected chi connectivity index (χ0v) is 20.7. The van der Waals surface area contributed by atoms with Crippen molar-refractivity contribution in [3.63, 3.8) is 0 Å². The second kappa shape index (κ2) is 13.1. The first-order valence-corrected chi connectivity index (χ1v) is 12.4. The van der Waals surface area contributed by atoms with Gasteiger partial charge in [0.25, 0.3) is 0 Å². The number of benzene rings is 1. The zero-order chi connectivity index (χ0) is 24.4. The minimum Gasteiger partial charge on any atom is -0.744 e. The summed E-state index contributed by atoms with van der Waals surface area (Å²) in [6, 6.07) is 4.09. The molecule has 0 saturated carbocycles. The van der Waals surface area contributed by atoms with Crippen LogP contribution in [0.3, 0.4) is 0 Å². The van der Waals surface area contributed by atoms with Crippen molar-refractivity contribution in [2.45, 2.75) is 89.3 Å². The van der Waals surface area contributed by atoms with Crippen molar-refractivity contribution in [2.24, 2.45) is 0 Å². The first kappa shape index (κ1) is 30.8. The Kier molecular flexibility index (Phi) is 13.4. The molecular formula is C18H38N4O6S2. The normalized spacial score (nSPS) is 11.9. The van der Waals surface area contributed by atoms with Gasteiger partial charge in [-0.3, -0.25) is 0 Å². The van der Waals surface area contributed by atoms with Gasteiger partial charge in [-0.15, -0.1) is 0 Å². The minimum atomic E-state index is -4.97. The van der Waals surface area contributed by atoms with Gasteiger partial charge in [-0.2, -0.15) is 0 Å². The van der Waals surface area contributed by atoms with E-state index in [4.69, 9.17) is 11.5 Å². The average Bonchev–Trinajstić information content (AvgIpc) is 2.42. The first-order chi connectivity index (χ1) is 13.3. The minimum absolute atomic E-state index is 0.356. The third-order valence-corrected chi connectivity index (χ3v) is 5.00. The van der Waals surface area contributed by atoms with Crippen LogP contribution in [0.25, 0.3) is 0 Å². The van der Waals surface area contributed by atoms with Crippen molar-refractivity contribution in [1.82, 2.24) is 0 Å². The lowest BCUT2D eigenvalue weighted by atomic mass is 10.3. The van der Waals surface area contributed by atoms with Gasteiger partial charge in [-0.25, -0.2) is 16.8 Å². The monoisotopic (exact) mass is 470 g/mol. The number of quaternary nitrogens is 2. The van der Waals surface area contributed by atoms with Crippen LogP contribution in [0.2, 0.25) is 0 Å². The van der Waals surface area contributed by atoms with Crippen LogP contribution in [0.1, 0.15) is 55.4 Å². The van der Waals surface area contributed by atoms with E-state index in [2.05, 4.69) is 66.0 Å². The highest BCUT2D eigenvalue weighted by atomic mass is 32.2. The molecule has 30 heavy (non-hydrogen) atoms. The summed E-state index contributed by atoms with van der Waals surface area (Å²) in [5.74, 6) is 0. The quantitative estimate of drug-likeness (QED) is 0.311. The molecule has 8 N–H and O–H groups in total. The molecule has 10 nitrogen and oxygen atoms in total. The van der Waals surface area contributed by atoms with Crippen LogP contribution in [0.4, 0.5) is 11.4 Å². The van der Waals surface area contributed by atoms with E-state index in [-0.39, 0.29) is 0 Å². The van der Waals surface area contributed by atoms with E-state index in [1.807, 2.05) is 0 Å². The Morgan fingerprint density at radius 3 is 1.00 bits per heavy atom. The standard InChI is InChI=1S/C6H8N2O6S2.2C6H15N/c7-3-1-4(8)6(16(12,13)14)2-5(3)15(9,10)11;2*1-5(2)7-6(3)4/h1-2H,7-8H2,(H,9,10,11)(H,12,13,14);2*5-7H,1-4H3. The van der Waals surface area contributed by atoms with Crippen LogP contribution in [-0.2, 0) is 20.2 Å². The summed E-state index contributed by atoms with van der Waals surface area (Å²) in [7, 11) is -9.93. The number of anilines is 2. The maximum Gasteiger partial charge on any atom is 0.126 e. The number of hydrogen-bond donors (Lipinski definition) is 4. The van der Waals surface area contributed by atoms with Crippen LogP contribution in [0, 0.1) is 0 Å². The van der Waals surface area contributed by atoms with E-state index >= 15 is 0 Å². The molecule has 1 rings (SSSR count). The summed E-state index contributed by atoms with van der Waals surface area (Å²) in [5, 5.41) is 4.67. The second-order valence-electron chi connectivity index (χ2n) is 8.20. The third kappa shape index (κ3) is 14.5. The van der Waals surface area contributed by atoms with Crippen molar-refractivity contribution < 1.29 is 36.6 Å². The molecule has 1 aromatic rings. The van der Waals surface area contributed by atoms with Crippen molar-refractivity contribution in [1.29, 1.82) is 0 Å². The molecule has 1 aromatic carbocycles. The lowest BCUT2D eigenvalue weighted by molar-refractivity contribution is -0.709. The smallest absolute Gasteiger partial charge is 0.126 e. The van der Waals surface area contributed by atoms with Gasteiger partial charge in [0.1, 0.15) is 20.2 Å². The largest absolute Gasteiger partial charge is 0.744 e. The zero-order valence-electron chi connectivity index (χ0n) is 19.0. The van der Waals surface area contributed by atoms with Crippen LogP contribution in [0.15, 0.2) is 21.9 Å². The average molecular weight is 471 g/mol. The Morgan fingerprint density at radius 2 is 0.867 bits per heavy atom. The van der Waals surface area contributed by atoms with Crippen LogP contribution in [0.5, 0.6) is 0 Å². The fourth-order valence-electron chi connectivity index (χ4n) is 2.57. The van der Waals surface area contributed by atoms with Crippen molar-refractivity contribution >= 4 is 31.6 Å². The summed E-state index contributed by atoms with van der Waals surface area (Å²) in [6.07, 6.45) is 0. The number of rotatable bonds is 6. The number of hydrogen-bond acceptors (Lipinski definition) is 8. The van der Waals surface area contributed by atoms with E-state index in [1.54, 1.807) is 0 Å². The molecule has 0 aliphatic carbocycles. The predicted octanol–water partition coefficient (Wildman–Crippen LogP) is -0.608. The lowest BCUT2D eigenvalue weighted by Crippen LogP contribution is -2.92. The highest BCUT2D eigenvalue weighted by molar-refractivity contribution is 7.86. The molecule has 0 atom stereocenters. The Hall–Kier alpha value is -1.44. The van der Waals surface area contributed by atoms with Crippen LogP contribution in [-0.4, -0.2) is 50.1 Å². The summed E-state index contributed by atoms with van der Waals surface area (Å²) >= 11 is 0. The van der Waals surface area contributed by atoms with Gasteiger partial charge in [0.05, 0.1) is 45.3 Å².